The molecule has 0 amide bonds. The first-order valence-corrected chi connectivity index (χ1v) is 12.0. The molecule has 1 aromatic carbocycles. The van der Waals surface area contributed by atoms with Gasteiger partial charge < -0.3 is 4.74 Å². The van der Waals surface area contributed by atoms with Gasteiger partial charge in [-0.2, -0.15) is 0 Å². The van der Waals surface area contributed by atoms with Crippen LogP contribution in [-0.2, 0) is 6.42 Å². The number of nitrogens with zero attached hydrogens (tertiary/aromatic N) is 1. The summed E-state index contributed by atoms with van der Waals surface area (Å²) in [6.07, 6.45) is 16.7. The molecule has 3 rings (SSSR count). The quantitative estimate of drug-likeness (QED) is 0.362. The van der Waals surface area contributed by atoms with E-state index in [1.165, 1.54) is 68.9 Å². The van der Waals surface area contributed by atoms with Gasteiger partial charge in [0, 0.05) is 5.56 Å². The molecule has 2 nitrogen and oxygen atoms in total. The van der Waals surface area contributed by atoms with Gasteiger partial charge in [-0.25, -0.2) is 0 Å². The second kappa shape index (κ2) is 12.0. The lowest BCUT2D eigenvalue weighted by molar-refractivity contribution is 0.250. The minimum Gasteiger partial charge on any atom is -0.492 e. The Balaban J connectivity index is 1.43. The third-order valence-corrected chi connectivity index (χ3v) is 6.53. The fourth-order valence-corrected chi connectivity index (χ4v) is 4.49. The number of aryl methyl sites for hydroxylation is 1. The lowest BCUT2D eigenvalue weighted by atomic mass is 9.78. The molecule has 0 radical (unpaired) electrons. The van der Waals surface area contributed by atoms with Crippen molar-refractivity contribution in [3.63, 3.8) is 0 Å². The lowest BCUT2D eigenvalue weighted by Gasteiger charge is -2.28. The molecule has 29 heavy (non-hydrogen) atoms. The normalized spacial score (nSPS) is 19.2. The fourth-order valence-electron chi connectivity index (χ4n) is 4.49. The number of benzene rings is 1. The summed E-state index contributed by atoms with van der Waals surface area (Å²) in [7, 11) is 0. The Labute approximate surface area is 178 Å². The summed E-state index contributed by atoms with van der Waals surface area (Å²) in [5.41, 5.74) is 3.66. The van der Waals surface area contributed by atoms with Crippen LogP contribution < -0.4 is 4.74 Å². The molecule has 0 aliphatic heterocycles. The average molecular weight is 394 g/mol. The molecular weight excluding hydrogens is 354 g/mol. The van der Waals surface area contributed by atoms with Crippen molar-refractivity contribution in [2.75, 3.05) is 6.61 Å². The molecule has 0 N–H and O–H groups in total. The van der Waals surface area contributed by atoms with E-state index in [1.807, 2.05) is 12.3 Å². The van der Waals surface area contributed by atoms with Crippen LogP contribution in [0.4, 0.5) is 0 Å². The summed E-state index contributed by atoms with van der Waals surface area (Å²) in [5, 5.41) is 0. The summed E-state index contributed by atoms with van der Waals surface area (Å²) in [4.78, 5) is 4.58. The molecule has 158 valence electrons. The van der Waals surface area contributed by atoms with Crippen LogP contribution in [0, 0.1) is 11.8 Å². The summed E-state index contributed by atoms with van der Waals surface area (Å²) < 4.78 is 5.71. The van der Waals surface area contributed by atoms with E-state index < -0.39 is 0 Å². The number of hydrogen-bond donors (Lipinski definition) is 0. The molecule has 1 heterocycles. The van der Waals surface area contributed by atoms with Crippen molar-refractivity contribution >= 4 is 0 Å². The maximum Gasteiger partial charge on any atom is 0.137 e. The Hall–Kier alpha value is -1.83. The zero-order valence-electron chi connectivity index (χ0n) is 18.5. The van der Waals surface area contributed by atoms with Crippen LogP contribution in [-0.4, -0.2) is 11.6 Å². The molecule has 2 aromatic rings. The van der Waals surface area contributed by atoms with Gasteiger partial charge in [0.25, 0.3) is 0 Å². The van der Waals surface area contributed by atoms with Crippen LogP contribution in [0.25, 0.3) is 11.3 Å². The molecule has 0 atom stereocenters. The number of rotatable bonds is 11. The Morgan fingerprint density at radius 3 is 2.14 bits per heavy atom. The molecule has 0 saturated heterocycles. The summed E-state index contributed by atoms with van der Waals surface area (Å²) in [6, 6.07) is 13.1. The molecule has 2 heteroatoms. The maximum atomic E-state index is 5.71. The van der Waals surface area contributed by atoms with Crippen LogP contribution >= 0.6 is 0 Å². The summed E-state index contributed by atoms with van der Waals surface area (Å²) in [5.74, 6) is 2.82. The van der Waals surface area contributed by atoms with Crippen molar-refractivity contribution in [2.45, 2.75) is 84.5 Å². The van der Waals surface area contributed by atoms with Crippen LogP contribution in [0.2, 0.25) is 0 Å². The molecule has 0 spiro atoms. The fraction of sp³-hybridized carbons (Fsp3) is 0.593. The molecule has 0 unspecified atom stereocenters. The van der Waals surface area contributed by atoms with E-state index in [2.05, 4.69) is 49.2 Å². The third kappa shape index (κ3) is 7.17. The molecule has 1 saturated carbocycles. The molecular formula is C27H39NO. The molecule has 1 aromatic heterocycles. The average Bonchev–Trinajstić information content (AvgIpc) is 2.78. The van der Waals surface area contributed by atoms with E-state index in [0.29, 0.717) is 0 Å². The SMILES string of the molecule is CCCCOc1ccc(-c2ccc(CC[C@H]3CC[C@H](CCCC)CC3)cc2)nc1. The van der Waals surface area contributed by atoms with Crippen molar-refractivity contribution in [2.24, 2.45) is 11.8 Å². The highest BCUT2D eigenvalue weighted by molar-refractivity contribution is 5.59. The van der Waals surface area contributed by atoms with Gasteiger partial charge >= 0.3 is 0 Å². The number of unbranched alkanes of at least 4 members (excludes halogenated alkanes) is 2. The molecule has 0 bridgehead atoms. The topological polar surface area (TPSA) is 22.1 Å². The number of aromatic nitrogens is 1. The second-order valence-corrected chi connectivity index (χ2v) is 8.85. The smallest absolute Gasteiger partial charge is 0.137 e. The van der Waals surface area contributed by atoms with Gasteiger partial charge in [0.2, 0.25) is 0 Å². The standard InChI is InChI=1S/C27H39NO/c1-3-5-7-22-8-10-23(11-9-22)12-13-24-14-16-25(17-15-24)27-19-18-26(21-28-27)29-20-6-4-2/h14-19,21-23H,3-13,20H2,1-2H3/t22-,23-. The van der Waals surface area contributed by atoms with E-state index in [9.17, 15) is 0 Å². The van der Waals surface area contributed by atoms with Crippen LogP contribution in [0.1, 0.15) is 83.6 Å². The van der Waals surface area contributed by atoms with E-state index in [4.69, 9.17) is 4.74 Å². The monoisotopic (exact) mass is 393 g/mol. The van der Waals surface area contributed by atoms with Gasteiger partial charge in [-0.3, -0.25) is 4.98 Å². The predicted octanol–water partition coefficient (Wildman–Crippen LogP) is 7.86. The van der Waals surface area contributed by atoms with E-state index in [0.717, 1.165) is 42.7 Å². The maximum absolute atomic E-state index is 5.71. The van der Waals surface area contributed by atoms with Crippen molar-refractivity contribution in [3.05, 3.63) is 48.2 Å². The highest BCUT2D eigenvalue weighted by Crippen LogP contribution is 2.34. The Morgan fingerprint density at radius 2 is 1.52 bits per heavy atom. The van der Waals surface area contributed by atoms with E-state index >= 15 is 0 Å². The first kappa shape index (κ1) is 21.9. The van der Waals surface area contributed by atoms with Crippen molar-refractivity contribution < 1.29 is 4.74 Å². The van der Waals surface area contributed by atoms with Gasteiger partial charge in [0.15, 0.2) is 0 Å². The Bertz CT molecular complexity index is 683. The van der Waals surface area contributed by atoms with Crippen LogP contribution in [0.5, 0.6) is 5.75 Å². The first-order valence-electron chi connectivity index (χ1n) is 12.0. The van der Waals surface area contributed by atoms with Gasteiger partial charge in [-0.1, -0.05) is 89.5 Å². The van der Waals surface area contributed by atoms with Crippen molar-refractivity contribution in [1.29, 1.82) is 0 Å². The van der Waals surface area contributed by atoms with E-state index in [-0.39, 0.29) is 0 Å². The highest BCUT2D eigenvalue weighted by atomic mass is 16.5. The van der Waals surface area contributed by atoms with Gasteiger partial charge in [-0.05, 0) is 48.8 Å². The Morgan fingerprint density at radius 1 is 0.828 bits per heavy atom. The molecule has 1 fully saturated rings. The largest absolute Gasteiger partial charge is 0.492 e. The van der Waals surface area contributed by atoms with Gasteiger partial charge in [-0.15, -0.1) is 0 Å². The second-order valence-electron chi connectivity index (χ2n) is 8.85. The van der Waals surface area contributed by atoms with Crippen LogP contribution in [0.15, 0.2) is 42.6 Å². The van der Waals surface area contributed by atoms with Gasteiger partial charge in [0.05, 0.1) is 18.5 Å². The molecule has 1 aliphatic carbocycles. The number of pyridine rings is 1. The zero-order valence-corrected chi connectivity index (χ0v) is 18.5. The Kier molecular flexibility index (Phi) is 9.05. The predicted molar refractivity (Wildman–Crippen MR) is 123 cm³/mol. The van der Waals surface area contributed by atoms with Crippen molar-refractivity contribution in [1.82, 2.24) is 4.98 Å². The van der Waals surface area contributed by atoms with Crippen molar-refractivity contribution in [3.8, 4) is 17.0 Å². The van der Waals surface area contributed by atoms with Crippen LogP contribution in [0.3, 0.4) is 0 Å². The highest BCUT2D eigenvalue weighted by Gasteiger charge is 2.20. The zero-order chi connectivity index (χ0) is 20.3. The van der Waals surface area contributed by atoms with Gasteiger partial charge in [0.1, 0.15) is 5.75 Å². The first-order chi connectivity index (χ1) is 14.3. The van der Waals surface area contributed by atoms with E-state index in [1.54, 1.807) is 0 Å². The lowest BCUT2D eigenvalue weighted by Crippen LogP contribution is -2.15. The summed E-state index contributed by atoms with van der Waals surface area (Å²) in [6.45, 7) is 5.26. The minimum absolute atomic E-state index is 0.770. The summed E-state index contributed by atoms with van der Waals surface area (Å²) >= 11 is 0. The number of hydrogen-bond acceptors (Lipinski definition) is 2. The number of ether oxygens (including phenoxy) is 1. The molecule has 1 aliphatic rings. The third-order valence-electron chi connectivity index (χ3n) is 6.53. The minimum atomic E-state index is 0.770.